The number of hydrogen-bond acceptors (Lipinski definition) is 1. The van der Waals surface area contributed by atoms with Crippen molar-refractivity contribution in [3.8, 4) is 0 Å². The van der Waals surface area contributed by atoms with Crippen LogP contribution >= 0.6 is 15.9 Å². The maximum atomic E-state index is 5.49. The number of furan rings is 1. The van der Waals surface area contributed by atoms with E-state index in [9.17, 15) is 0 Å². The Hall–Kier alpha value is -1.02. The number of rotatable bonds is 3. The highest BCUT2D eigenvalue weighted by Gasteiger charge is 2.14. The second-order valence-corrected chi connectivity index (χ2v) is 5.17. The quantitative estimate of drug-likeness (QED) is 0.750. The molecule has 0 spiro atoms. The molecule has 1 atom stereocenters. The first-order valence-electron chi connectivity index (χ1n) is 5.41. The molecule has 0 aliphatic heterocycles. The van der Waals surface area contributed by atoms with Gasteiger partial charge in [0.15, 0.2) is 0 Å². The number of halogens is 1. The van der Waals surface area contributed by atoms with Gasteiger partial charge in [0.2, 0.25) is 0 Å². The second-order valence-electron chi connectivity index (χ2n) is 4.07. The summed E-state index contributed by atoms with van der Waals surface area (Å²) in [6.45, 7) is 4.22. The molecule has 84 valence electrons. The summed E-state index contributed by atoms with van der Waals surface area (Å²) in [5.41, 5.74) is 3.90. The molecule has 0 saturated heterocycles. The third-order valence-corrected chi connectivity index (χ3v) is 3.59. The van der Waals surface area contributed by atoms with Gasteiger partial charge >= 0.3 is 0 Å². The Bertz CT molecular complexity index is 473. The highest BCUT2D eigenvalue weighted by molar-refractivity contribution is 9.09. The standard InChI is InChI=1S/C14H15BrO/c1-10-5-3-4-6-12(10)9-13(15)14-11(2)7-8-16-14/h3-8,13H,9H2,1-2H3. The summed E-state index contributed by atoms with van der Waals surface area (Å²) in [5.74, 6) is 1.03. The number of hydrogen-bond donors (Lipinski definition) is 0. The highest BCUT2D eigenvalue weighted by atomic mass is 79.9. The van der Waals surface area contributed by atoms with Crippen LogP contribution in [-0.2, 0) is 6.42 Å². The first-order chi connectivity index (χ1) is 7.68. The van der Waals surface area contributed by atoms with Crippen LogP contribution in [0.2, 0.25) is 0 Å². The van der Waals surface area contributed by atoms with Crippen LogP contribution in [0.4, 0.5) is 0 Å². The average Bonchev–Trinajstić information content (AvgIpc) is 2.68. The molecule has 1 heterocycles. The molecule has 0 bridgehead atoms. The Morgan fingerprint density at radius 2 is 1.88 bits per heavy atom. The van der Waals surface area contributed by atoms with Crippen LogP contribution in [0.15, 0.2) is 41.0 Å². The fraction of sp³-hybridized carbons (Fsp3) is 0.286. The van der Waals surface area contributed by atoms with Gasteiger partial charge in [0.05, 0.1) is 11.1 Å². The van der Waals surface area contributed by atoms with E-state index < -0.39 is 0 Å². The summed E-state index contributed by atoms with van der Waals surface area (Å²) in [5, 5.41) is 0. The lowest BCUT2D eigenvalue weighted by molar-refractivity contribution is 0.504. The van der Waals surface area contributed by atoms with Crippen LogP contribution in [0.25, 0.3) is 0 Å². The Morgan fingerprint density at radius 1 is 1.12 bits per heavy atom. The molecule has 2 rings (SSSR count). The van der Waals surface area contributed by atoms with E-state index in [0.29, 0.717) is 0 Å². The van der Waals surface area contributed by atoms with Crippen molar-refractivity contribution in [1.29, 1.82) is 0 Å². The largest absolute Gasteiger partial charge is 0.468 e. The van der Waals surface area contributed by atoms with Crippen LogP contribution in [-0.4, -0.2) is 0 Å². The molecule has 16 heavy (non-hydrogen) atoms. The van der Waals surface area contributed by atoms with Gasteiger partial charge in [-0.05, 0) is 43.0 Å². The molecule has 0 aliphatic rings. The summed E-state index contributed by atoms with van der Waals surface area (Å²) in [6, 6.07) is 10.5. The van der Waals surface area contributed by atoms with E-state index >= 15 is 0 Å². The van der Waals surface area contributed by atoms with Crippen molar-refractivity contribution >= 4 is 15.9 Å². The Balaban J connectivity index is 2.17. The molecular formula is C14H15BrO. The molecule has 1 unspecified atom stereocenters. The second kappa shape index (κ2) is 4.88. The molecule has 0 fully saturated rings. The van der Waals surface area contributed by atoms with Crippen LogP contribution in [0.5, 0.6) is 0 Å². The molecule has 2 heteroatoms. The topological polar surface area (TPSA) is 13.1 Å². The maximum Gasteiger partial charge on any atom is 0.120 e. The fourth-order valence-corrected chi connectivity index (χ4v) is 2.65. The number of benzene rings is 1. The van der Waals surface area contributed by atoms with Crippen molar-refractivity contribution in [2.24, 2.45) is 0 Å². The summed E-state index contributed by atoms with van der Waals surface area (Å²) >= 11 is 3.69. The molecule has 1 aromatic heterocycles. The highest BCUT2D eigenvalue weighted by Crippen LogP contribution is 2.30. The van der Waals surface area contributed by atoms with Gasteiger partial charge in [-0.25, -0.2) is 0 Å². The molecule has 0 aliphatic carbocycles. The first-order valence-corrected chi connectivity index (χ1v) is 6.32. The molecule has 1 aromatic carbocycles. The number of aryl methyl sites for hydroxylation is 2. The Labute approximate surface area is 105 Å². The molecule has 2 aromatic rings. The lowest BCUT2D eigenvalue weighted by Crippen LogP contribution is -1.97. The van der Waals surface area contributed by atoms with Crippen LogP contribution in [0.3, 0.4) is 0 Å². The fourth-order valence-electron chi connectivity index (χ4n) is 1.83. The van der Waals surface area contributed by atoms with Crippen molar-refractivity contribution in [2.45, 2.75) is 25.1 Å². The van der Waals surface area contributed by atoms with Gasteiger partial charge in [-0.1, -0.05) is 40.2 Å². The zero-order chi connectivity index (χ0) is 11.5. The normalized spacial score (nSPS) is 12.7. The lowest BCUT2D eigenvalue weighted by Gasteiger charge is -2.10. The Kier molecular flexibility index (Phi) is 3.49. The predicted molar refractivity (Wildman–Crippen MR) is 70.0 cm³/mol. The van der Waals surface area contributed by atoms with Gasteiger partial charge in [0.1, 0.15) is 5.76 Å². The summed E-state index contributed by atoms with van der Waals surface area (Å²) in [6.07, 6.45) is 2.71. The van der Waals surface area contributed by atoms with Gasteiger partial charge in [-0.3, -0.25) is 0 Å². The third-order valence-electron chi connectivity index (χ3n) is 2.85. The molecule has 0 N–H and O–H groups in total. The van der Waals surface area contributed by atoms with Gasteiger partial charge in [0.25, 0.3) is 0 Å². The van der Waals surface area contributed by atoms with Crippen molar-refractivity contribution < 1.29 is 4.42 Å². The van der Waals surface area contributed by atoms with Crippen molar-refractivity contribution in [3.63, 3.8) is 0 Å². The van der Waals surface area contributed by atoms with Crippen molar-refractivity contribution in [1.82, 2.24) is 0 Å². The van der Waals surface area contributed by atoms with Gasteiger partial charge in [-0.2, -0.15) is 0 Å². The zero-order valence-electron chi connectivity index (χ0n) is 9.53. The summed E-state index contributed by atoms with van der Waals surface area (Å²) < 4.78 is 5.49. The predicted octanol–water partition coefficient (Wildman–Crippen LogP) is 4.58. The van der Waals surface area contributed by atoms with E-state index in [4.69, 9.17) is 4.42 Å². The van der Waals surface area contributed by atoms with E-state index in [0.717, 1.165) is 12.2 Å². The molecule has 0 saturated carbocycles. The third kappa shape index (κ3) is 2.38. The van der Waals surface area contributed by atoms with Gasteiger partial charge in [-0.15, -0.1) is 0 Å². The minimum Gasteiger partial charge on any atom is -0.468 e. The van der Waals surface area contributed by atoms with E-state index in [1.807, 2.05) is 6.07 Å². The van der Waals surface area contributed by atoms with Gasteiger partial charge in [0, 0.05) is 0 Å². The summed E-state index contributed by atoms with van der Waals surface area (Å²) in [4.78, 5) is 0.253. The van der Waals surface area contributed by atoms with Crippen LogP contribution in [0, 0.1) is 13.8 Å². The van der Waals surface area contributed by atoms with E-state index in [1.54, 1.807) is 6.26 Å². The monoisotopic (exact) mass is 278 g/mol. The minimum absolute atomic E-state index is 0.253. The van der Waals surface area contributed by atoms with Crippen LogP contribution < -0.4 is 0 Å². The van der Waals surface area contributed by atoms with E-state index in [1.165, 1.54) is 16.7 Å². The molecule has 1 nitrogen and oxygen atoms in total. The lowest BCUT2D eigenvalue weighted by atomic mass is 10.0. The molecule has 0 radical (unpaired) electrons. The first kappa shape index (κ1) is 11.5. The van der Waals surface area contributed by atoms with E-state index in [2.05, 4.69) is 54.0 Å². The van der Waals surface area contributed by atoms with Crippen molar-refractivity contribution in [2.75, 3.05) is 0 Å². The number of alkyl halides is 1. The summed E-state index contributed by atoms with van der Waals surface area (Å²) in [7, 11) is 0. The zero-order valence-corrected chi connectivity index (χ0v) is 11.1. The van der Waals surface area contributed by atoms with Gasteiger partial charge < -0.3 is 4.42 Å². The van der Waals surface area contributed by atoms with E-state index in [-0.39, 0.29) is 4.83 Å². The Morgan fingerprint density at radius 3 is 2.50 bits per heavy atom. The van der Waals surface area contributed by atoms with Crippen LogP contribution in [0.1, 0.15) is 27.3 Å². The SMILES string of the molecule is Cc1ccccc1CC(Br)c1occc1C. The molecular weight excluding hydrogens is 264 g/mol. The molecule has 0 amide bonds. The smallest absolute Gasteiger partial charge is 0.120 e. The average molecular weight is 279 g/mol. The van der Waals surface area contributed by atoms with Crippen molar-refractivity contribution in [3.05, 3.63) is 59.0 Å². The minimum atomic E-state index is 0.253. The maximum absolute atomic E-state index is 5.49.